The second-order valence-electron chi connectivity index (χ2n) is 4.47. The first kappa shape index (κ1) is 13.8. The summed E-state index contributed by atoms with van der Waals surface area (Å²) >= 11 is 1.67. The van der Waals surface area contributed by atoms with E-state index < -0.39 is 5.97 Å². The van der Waals surface area contributed by atoms with Gasteiger partial charge in [0.1, 0.15) is 17.0 Å². The molecule has 0 spiro atoms. The standard InChI is InChI=1S/C15H14N2O3S/c1-19-15(18)10-6-11(20-9-10)7-16-8-14-17-12-4-2-3-5-13(12)21-14/h2-6,9,16H,7-8H2,1H3. The lowest BCUT2D eigenvalue weighted by Crippen LogP contribution is -2.11. The van der Waals surface area contributed by atoms with Crippen molar-refractivity contribution in [3.63, 3.8) is 0 Å². The molecule has 108 valence electrons. The number of carbonyl (C=O) groups is 1. The molecule has 1 aromatic carbocycles. The van der Waals surface area contributed by atoms with Gasteiger partial charge < -0.3 is 14.5 Å². The van der Waals surface area contributed by atoms with Gasteiger partial charge in [-0.25, -0.2) is 9.78 Å². The Morgan fingerprint density at radius 2 is 2.24 bits per heavy atom. The van der Waals surface area contributed by atoms with E-state index in [4.69, 9.17) is 4.42 Å². The lowest BCUT2D eigenvalue weighted by atomic mass is 10.3. The topological polar surface area (TPSA) is 64.4 Å². The number of hydrogen-bond acceptors (Lipinski definition) is 6. The van der Waals surface area contributed by atoms with Gasteiger partial charge in [0.15, 0.2) is 0 Å². The van der Waals surface area contributed by atoms with Gasteiger partial charge in [0.25, 0.3) is 0 Å². The molecule has 0 bridgehead atoms. The van der Waals surface area contributed by atoms with Gasteiger partial charge in [0.2, 0.25) is 0 Å². The van der Waals surface area contributed by atoms with E-state index in [1.165, 1.54) is 18.1 Å². The Labute approximate surface area is 125 Å². The van der Waals surface area contributed by atoms with Gasteiger partial charge in [-0.1, -0.05) is 12.1 Å². The molecule has 0 unspecified atom stereocenters. The summed E-state index contributed by atoms with van der Waals surface area (Å²) in [6.45, 7) is 1.19. The van der Waals surface area contributed by atoms with Crippen LogP contribution in [-0.2, 0) is 17.8 Å². The number of furan rings is 1. The van der Waals surface area contributed by atoms with Gasteiger partial charge in [0, 0.05) is 6.54 Å². The number of rotatable bonds is 5. The summed E-state index contributed by atoms with van der Waals surface area (Å²) in [5, 5.41) is 4.28. The van der Waals surface area contributed by atoms with Crippen LogP contribution in [0.3, 0.4) is 0 Å². The highest BCUT2D eigenvalue weighted by Crippen LogP contribution is 2.21. The molecule has 0 aliphatic rings. The van der Waals surface area contributed by atoms with E-state index in [2.05, 4.69) is 21.1 Å². The van der Waals surface area contributed by atoms with Crippen molar-refractivity contribution in [1.29, 1.82) is 0 Å². The van der Waals surface area contributed by atoms with E-state index >= 15 is 0 Å². The highest BCUT2D eigenvalue weighted by atomic mass is 32.1. The lowest BCUT2D eigenvalue weighted by molar-refractivity contribution is 0.0600. The zero-order valence-electron chi connectivity index (χ0n) is 11.5. The Morgan fingerprint density at radius 3 is 3.05 bits per heavy atom. The molecule has 0 saturated heterocycles. The van der Waals surface area contributed by atoms with E-state index in [0.29, 0.717) is 24.4 Å². The van der Waals surface area contributed by atoms with Crippen LogP contribution in [0.2, 0.25) is 0 Å². The summed E-state index contributed by atoms with van der Waals surface area (Å²) in [6, 6.07) is 9.73. The number of fused-ring (bicyclic) bond motifs is 1. The molecule has 0 aliphatic heterocycles. The van der Waals surface area contributed by atoms with Crippen molar-refractivity contribution in [2.45, 2.75) is 13.1 Å². The van der Waals surface area contributed by atoms with E-state index in [1.54, 1.807) is 17.4 Å². The third-order valence-corrected chi connectivity index (χ3v) is 4.02. The minimum absolute atomic E-state index is 0.392. The summed E-state index contributed by atoms with van der Waals surface area (Å²) in [7, 11) is 1.35. The third kappa shape index (κ3) is 3.12. The van der Waals surface area contributed by atoms with Gasteiger partial charge in [-0.3, -0.25) is 0 Å². The van der Waals surface area contributed by atoms with Crippen LogP contribution in [0, 0.1) is 0 Å². The fraction of sp³-hybridized carbons (Fsp3) is 0.200. The molecule has 0 atom stereocenters. The maximum atomic E-state index is 11.3. The van der Waals surface area contributed by atoms with E-state index in [-0.39, 0.29) is 0 Å². The van der Waals surface area contributed by atoms with E-state index in [0.717, 1.165) is 10.5 Å². The van der Waals surface area contributed by atoms with Crippen LogP contribution >= 0.6 is 11.3 Å². The minimum atomic E-state index is -0.392. The average Bonchev–Trinajstić information content (AvgIpc) is 3.12. The Morgan fingerprint density at radius 1 is 1.38 bits per heavy atom. The van der Waals surface area contributed by atoms with Crippen molar-refractivity contribution in [1.82, 2.24) is 10.3 Å². The largest absolute Gasteiger partial charge is 0.467 e. The number of aromatic nitrogens is 1. The summed E-state index contributed by atoms with van der Waals surface area (Å²) in [5.41, 5.74) is 1.44. The number of benzene rings is 1. The van der Waals surface area contributed by atoms with Gasteiger partial charge in [0.05, 0.1) is 29.4 Å². The smallest absolute Gasteiger partial charge is 0.341 e. The van der Waals surface area contributed by atoms with Crippen LogP contribution in [0.25, 0.3) is 10.2 Å². The first-order chi connectivity index (χ1) is 10.3. The minimum Gasteiger partial charge on any atom is -0.467 e. The van der Waals surface area contributed by atoms with E-state index in [9.17, 15) is 4.79 Å². The number of thiazole rings is 1. The van der Waals surface area contributed by atoms with Crippen LogP contribution in [0.1, 0.15) is 21.1 Å². The van der Waals surface area contributed by atoms with Crippen LogP contribution in [0.15, 0.2) is 41.0 Å². The van der Waals surface area contributed by atoms with Gasteiger partial charge in [-0.2, -0.15) is 0 Å². The molecule has 0 fully saturated rings. The first-order valence-corrected chi connectivity index (χ1v) is 7.29. The van der Waals surface area contributed by atoms with Crippen LogP contribution in [-0.4, -0.2) is 18.1 Å². The average molecular weight is 302 g/mol. The molecule has 21 heavy (non-hydrogen) atoms. The maximum absolute atomic E-state index is 11.3. The molecule has 3 rings (SSSR count). The second kappa shape index (κ2) is 6.07. The predicted octanol–water partition coefficient (Wildman–Crippen LogP) is 2.97. The van der Waals surface area contributed by atoms with Gasteiger partial charge >= 0.3 is 5.97 Å². The SMILES string of the molecule is COC(=O)c1coc(CNCc2nc3ccccc3s2)c1. The van der Waals surface area contributed by atoms with Gasteiger partial charge in [-0.15, -0.1) is 11.3 Å². The fourth-order valence-corrected chi connectivity index (χ4v) is 2.92. The Bertz CT molecular complexity index is 730. The summed E-state index contributed by atoms with van der Waals surface area (Å²) in [6.07, 6.45) is 1.40. The number of ether oxygens (including phenoxy) is 1. The zero-order chi connectivity index (χ0) is 14.7. The molecule has 2 aromatic heterocycles. The van der Waals surface area contributed by atoms with E-state index in [1.807, 2.05) is 18.2 Å². The number of hydrogen-bond donors (Lipinski definition) is 1. The van der Waals surface area contributed by atoms with Crippen LogP contribution in [0.5, 0.6) is 0 Å². The van der Waals surface area contributed by atoms with Crippen molar-refractivity contribution in [2.24, 2.45) is 0 Å². The maximum Gasteiger partial charge on any atom is 0.341 e. The molecule has 6 heteroatoms. The molecule has 0 saturated carbocycles. The first-order valence-electron chi connectivity index (χ1n) is 6.47. The predicted molar refractivity (Wildman–Crippen MR) is 80.2 cm³/mol. The van der Waals surface area contributed by atoms with Crippen LogP contribution < -0.4 is 5.32 Å². The normalized spacial score (nSPS) is 10.9. The highest BCUT2D eigenvalue weighted by molar-refractivity contribution is 7.18. The highest BCUT2D eigenvalue weighted by Gasteiger charge is 2.10. The monoisotopic (exact) mass is 302 g/mol. The second-order valence-corrected chi connectivity index (χ2v) is 5.59. The summed E-state index contributed by atoms with van der Waals surface area (Å²) < 4.78 is 11.1. The summed E-state index contributed by atoms with van der Waals surface area (Å²) in [5.74, 6) is 0.299. The molecule has 0 aliphatic carbocycles. The zero-order valence-corrected chi connectivity index (χ0v) is 12.3. The third-order valence-electron chi connectivity index (χ3n) is 2.99. The summed E-state index contributed by atoms with van der Waals surface area (Å²) in [4.78, 5) is 15.9. The molecular weight excluding hydrogens is 288 g/mol. The fourth-order valence-electron chi connectivity index (χ4n) is 1.99. The molecule has 5 nitrogen and oxygen atoms in total. The number of nitrogens with one attached hydrogen (secondary N) is 1. The van der Waals surface area contributed by atoms with Gasteiger partial charge in [-0.05, 0) is 18.2 Å². The number of para-hydroxylation sites is 1. The number of nitrogens with zero attached hydrogens (tertiary/aromatic N) is 1. The van der Waals surface area contributed by atoms with Crippen molar-refractivity contribution in [3.8, 4) is 0 Å². The van der Waals surface area contributed by atoms with Crippen molar-refractivity contribution >= 4 is 27.5 Å². The molecule has 2 heterocycles. The Balaban J connectivity index is 1.58. The molecular formula is C15H14N2O3S. The lowest BCUT2D eigenvalue weighted by Gasteiger charge is -1.98. The Hall–Kier alpha value is -2.18. The van der Waals surface area contributed by atoms with Crippen molar-refractivity contribution in [3.05, 3.63) is 52.9 Å². The number of carbonyl (C=O) groups excluding carboxylic acids is 1. The van der Waals surface area contributed by atoms with Crippen LogP contribution in [0.4, 0.5) is 0 Å². The quantitative estimate of drug-likeness (QED) is 0.734. The number of methoxy groups -OCH3 is 1. The Kier molecular flexibility index (Phi) is 3.98. The van der Waals surface area contributed by atoms with Crippen molar-refractivity contribution < 1.29 is 13.9 Å². The number of esters is 1. The molecule has 0 radical (unpaired) electrons. The van der Waals surface area contributed by atoms with Crippen molar-refractivity contribution in [2.75, 3.05) is 7.11 Å². The molecule has 0 amide bonds. The molecule has 3 aromatic rings. The molecule has 1 N–H and O–H groups in total.